The third-order valence-corrected chi connectivity index (χ3v) is 1.67. The zero-order valence-corrected chi connectivity index (χ0v) is 9.69. The lowest BCUT2D eigenvalue weighted by Gasteiger charge is -1.90. The summed E-state index contributed by atoms with van der Waals surface area (Å²) in [4.78, 5) is 19.6. The first-order valence-electron chi connectivity index (χ1n) is 5.11. The molecular formula is C13H15NO4. The molecule has 0 bridgehead atoms. The van der Waals surface area contributed by atoms with Gasteiger partial charge in [0, 0.05) is 18.7 Å². The maximum atomic E-state index is 9.78. The summed E-state index contributed by atoms with van der Waals surface area (Å²) in [5.74, 6) is -2.20. The lowest BCUT2D eigenvalue weighted by Crippen LogP contribution is -1.94. The molecule has 0 radical (unpaired) electrons. The zero-order chi connectivity index (χ0) is 13.8. The first-order chi connectivity index (χ1) is 8.56. The van der Waals surface area contributed by atoms with Gasteiger partial charge in [0.05, 0.1) is 0 Å². The highest BCUT2D eigenvalue weighted by molar-refractivity contribution is 5.82. The first-order valence-corrected chi connectivity index (χ1v) is 5.11. The Bertz CT molecular complexity index is 402. The van der Waals surface area contributed by atoms with Crippen LogP contribution in [0.15, 0.2) is 54.6 Å². The van der Waals surface area contributed by atoms with Crippen molar-refractivity contribution in [2.24, 2.45) is 5.73 Å². The van der Waals surface area contributed by atoms with Crippen LogP contribution < -0.4 is 5.73 Å². The second-order valence-electron chi connectivity index (χ2n) is 3.08. The van der Waals surface area contributed by atoms with Crippen molar-refractivity contribution in [3.05, 3.63) is 60.2 Å². The number of benzene rings is 1. The Hall–Kier alpha value is -2.40. The van der Waals surface area contributed by atoms with E-state index in [-0.39, 0.29) is 0 Å². The third-order valence-electron chi connectivity index (χ3n) is 1.67. The minimum absolute atomic E-state index is 0.640. The topological polar surface area (TPSA) is 101 Å². The predicted molar refractivity (Wildman–Crippen MR) is 67.9 cm³/mol. The minimum atomic E-state index is -1.10. The van der Waals surface area contributed by atoms with Crippen molar-refractivity contribution in [1.82, 2.24) is 0 Å². The monoisotopic (exact) mass is 249 g/mol. The molecule has 0 saturated carbocycles. The van der Waals surface area contributed by atoms with E-state index < -0.39 is 11.9 Å². The zero-order valence-electron chi connectivity index (χ0n) is 9.69. The van der Waals surface area contributed by atoms with Gasteiger partial charge in [0.15, 0.2) is 0 Å². The van der Waals surface area contributed by atoms with Crippen LogP contribution in [0.4, 0.5) is 0 Å². The number of allylic oxidation sites excluding steroid dienone is 2. The van der Waals surface area contributed by atoms with Gasteiger partial charge in [0.1, 0.15) is 0 Å². The van der Waals surface area contributed by atoms with E-state index in [0.717, 1.165) is 24.3 Å². The molecule has 0 aliphatic carbocycles. The molecule has 96 valence electrons. The Kier molecular flexibility index (Phi) is 8.49. The van der Waals surface area contributed by atoms with Crippen molar-refractivity contribution in [2.45, 2.75) is 6.54 Å². The van der Waals surface area contributed by atoms with Crippen LogP contribution in [0.2, 0.25) is 0 Å². The third kappa shape index (κ3) is 10.1. The van der Waals surface area contributed by atoms with Crippen molar-refractivity contribution in [1.29, 1.82) is 0 Å². The van der Waals surface area contributed by atoms with Gasteiger partial charge in [0.2, 0.25) is 0 Å². The largest absolute Gasteiger partial charge is 0.478 e. The molecule has 0 amide bonds. The number of aliphatic carboxylic acids is 2. The number of carboxylic acid groups (broad SMARTS) is 2. The summed E-state index contributed by atoms with van der Waals surface area (Å²) in [5, 5.41) is 16.0. The molecule has 0 atom stereocenters. The maximum absolute atomic E-state index is 9.78. The molecule has 1 rings (SSSR count). The van der Waals surface area contributed by atoms with Gasteiger partial charge in [-0.25, -0.2) is 9.59 Å². The van der Waals surface area contributed by atoms with Gasteiger partial charge in [-0.3, -0.25) is 0 Å². The molecule has 5 nitrogen and oxygen atoms in total. The highest BCUT2D eigenvalue weighted by atomic mass is 16.4. The van der Waals surface area contributed by atoms with Crippen LogP contribution in [0.1, 0.15) is 5.56 Å². The normalized spacial score (nSPS) is 10.1. The summed E-state index contributed by atoms with van der Waals surface area (Å²) >= 11 is 0. The Morgan fingerprint density at radius 3 is 1.72 bits per heavy atom. The Balaban J connectivity index is 0.000000327. The average molecular weight is 249 g/mol. The van der Waals surface area contributed by atoms with Gasteiger partial charge < -0.3 is 15.9 Å². The van der Waals surface area contributed by atoms with Gasteiger partial charge in [-0.05, 0) is 5.56 Å². The van der Waals surface area contributed by atoms with E-state index in [0.29, 0.717) is 6.54 Å². The SMILES string of the molecule is NCc1ccccc1.O=C(O)C=CC=CC(=O)O. The Labute approximate surface area is 105 Å². The fourth-order valence-corrected chi connectivity index (χ4v) is 0.890. The summed E-state index contributed by atoms with van der Waals surface area (Å²) in [6.45, 7) is 0.640. The molecule has 0 unspecified atom stereocenters. The van der Waals surface area contributed by atoms with Crippen LogP contribution >= 0.6 is 0 Å². The average Bonchev–Trinajstić information content (AvgIpc) is 2.36. The molecule has 0 heterocycles. The number of hydrogen-bond donors (Lipinski definition) is 3. The van der Waals surface area contributed by atoms with Crippen molar-refractivity contribution >= 4 is 11.9 Å². The quantitative estimate of drug-likeness (QED) is 0.553. The van der Waals surface area contributed by atoms with E-state index in [2.05, 4.69) is 0 Å². The van der Waals surface area contributed by atoms with Gasteiger partial charge in [-0.2, -0.15) is 0 Å². The van der Waals surface area contributed by atoms with Crippen LogP contribution in [0, 0.1) is 0 Å². The number of rotatable bonds is 4. The van der Waals surface area contributed by atoms with E-state index in [4.69, 9.17) is 15.9 Å². The molecule has 4 N–H and O–H groups in total. The molecule has 0 spiro atoms. The molecule has 0 aromatic heterocycles. The van der Waals surface area contributed by atoms with Crippen LogP contribution in [-0.4, -0.2) is 22.2 Å². The van der Waals surface area contributed by atoms with Crippen LogP contribution in [0.25, 0.3) is 0 Å². The molecule has 18 heavy (non-hydrogen) atoms. The van der Waals surface area contributed by atoms with E-state index in [1.165, 1.54) is 5.56 Å². The molecule has 1 aromatic rings. The lowest BCUT2D eigenvalue weighted by atomic mass is 10.2. The van der Waals surface area contributed by atoms with Gasteiger partial charge in [-0.1, -0.05) is 42.5 Å². The summed E-state index contributed by atoms with van der Waals surface area (Å²) in [7, 11) is 0. The van der Waals surface area contributed by atoms with Gasteiger partial charge in [-0.15, -0.1) is 0 Å². The number of carbonyl (C=O) groups is 2. The van der Waals surface area contributed by atoms with E-state index in [1.54, 1.807) is 0 Å². The summed E-state index contributed by atoms with van der Waals surface area (Å²) in [6, 6.07) is 9.99. The number of carboxylic acids is 2. The van der Waals surface area contributed by atoms with E-state index in [1.807, 2.05) is 30.3 Å². The molecular weight excluding hydrogens is 234 g/mol. The van der Waals surface area contributed by atoms with Crippen molar-refractivity contribution < 1.29 is 19.8 Å². The lowest BCUT2D eigenvalue weighted by molar-refractivity contribution is -0.132. The van der Waals surface area contributed by atoms with E-state index in [9.17, 15) is 9.59 Å². The minimum Gasteiger partial charge on any atom is -0.478 e. The van der Waals surface area contributed by atoms with Crippen molar-refractivity contribution in [3.8, 4) is 0 Å². The summed E-state index contributed by atoms with van der Waals surface area (Å²) in [6.07, 6.45) is 3.96. The molecule has 1 aromatic carbocycles. The van der Waals surface area contributed by atoms with Crippen LogP contribution in [0.3, 0.4) is 0 Å². The Morgan fingerprint density at radius 2 is 1.44 bits per heavy atom. The number of hydrogen-bond acceptors (Lipinski definition) is 3. The highest BCUT2D eigenvalue weighted by Gasteiger charge is 1.83. The fraction of sp³-hybridized carbons (Fsp3) is 0.0769. The molecule has 0 saturated heterocycles. The molecule has 0 fully saturated rings. The Morgan fingerprint density at radius 1 is 1.00 bits per heavy atom. The predicted octanol–water partition coefficient (Wildman–Crippen LogP) is 1.41. The van der Waals surface area contributed by atoms with Crippen LogP contribution in [0.5, 0.6) is 0 Å². The molecule has 0 aliphatic heterocycles. The van der Waals surface area contributed by atoms with Crippen molar-refractivity contribution in [2.75, 3.05) is 0 Å². The smallest absolute Gasteiger partial charge is 0.328 e. The van der Waals surface area contributed by atoms with E-state index >= 15 is 0 Å². The molecule has 5 heteroatoms. The highest BCUT2D eigenvalue weighted by Crippen LogP contribution is 1.94. The van der Waals surface area contributed by atoms with Gasteiger partial charge in [0.25, 0.3) is 0 Å². The van der Waals surface area contributed by atoms with Gasteiger partial charge >= 0.3 is 11.9 Å². The van der Waals surface area contributed by atoms with Crippen molar-refractivity contribution in [3.63, 3.8) is 0 Å². The molecule has 0 aliphatic rings. The van der Waals surface area contributed by atoms with Crippen LogP contribution in [-0.2, 0) is 16.1 Å². The standard InChI is InChI=1S/C7H9N.C6H6O4/c8-6-7-4-2-1-3-5-7;7-5(8)3-1-2-4-6(9)10/h1-5H,6,8H2;1-4H,(H,7,8)(H,9,10). The first kappa shape index (κ1) is 15.6. The fourth-order valence-electron chi connectivity index (χ4n) is 0.890. The number of nitrogens with two attached hydrogens (primary N) is 1. The summed E-state index contributed by atoms with van der Waals surface area (Å²) in [5.41, 5.74) is 6.54. The second-order valence-corrected chi connectivity index (χ2v) is 3.08. The second kappa shape index (κ2) is 9.80. The summed E-state index contributed by atoms with van der Waals surface area (Å²) < 4.78 is 0. The maximum Gasteiger partial charge on any atom is 0.328 e.